The van der Waals surface area contributed by atoms with Crippen molar-refractivity contribution in [2.24, 2.45) is 4.99 Å². The first-order chi connectivity index (χ1) is 16.4. The molecule has 1 aliphatic rings. The van der Waals surface area contributed by atoms with Crippen LogP contribution in [0.25, 0.3) is 6.08 Å². The summed E-state index contributed by atoms with van der Waals surface area (Å²) >= 11 is 4.74. The van der Waals surface area contributed by atoms with E-state index in [1.165, 1.54) is 18.9 Å². The molecule has 1 amide bonds. The van der Waals surface area contributed by atoms with E-state index in [4.69, 9.17) is 20.6 Å². The van der Waals surface area contributed by atoms with Gasteiger partial charge in [-0.1, -0.05) is 12.0 Å². The topological polar surface area (TPSA) is 77.4 Å². The van der Waals surface area contributed by atoms with Gasteiger partial charge in [0, 0.05) is 6.54 Å². The molecular formula is C25H23BrN2O5S. The van der Waals surface area contributed by atoms with Crippen molar-refractivity contribution >= 4 is 56.5 Å². The Balaban J connectivity index is 1.92. The van der Waals surface area contributed by atoms with Crippen LogP contribution in [0, 0.1) is 12.3 Å². The van der Waals surface area contributed by atoms with E-state index >= 15 is 0 Å². The molecule has 0 aromatic heterocycles. The van der Waals surface area contributed by atoms with Crippen LogP contribution in [0.1, 0.15) is 29.8 Å². The fraction of sp³-hybridized carbons (Fsp3) is 0.240. The molecule has 1 saturated heterocycles. The highest BCUT2D eigenvalue weighted by molar-refractivity contribution is 9.10. The number of amides is 1. The van der Waals surface area contributed by atoms with E-state index in [1.54, 1.807) is 48.2 Å². The minimum absolute atomic E-state index is 0.104. The van der Waals surface area contributed by atoms with Gasteiger partial charge in [0.2, 0.25) is 0 Å². The van der Waals surface area contributed by atoms with Crippen LogP contribution in [0.3, 0.4) is 0 Å². The minimum Gasteiger partial charge on any atom is -0.493 e. The number of methoxy groups -OCH3 is 1. The van der Waals surface area contributed by atoms with Crippen LogP contribution < -0.4 is 9.47 Å². The van der Waals surface area contributed by atoms with E-state index in [-0.39, 0.29) is 19.1 Å². The van der Waals surface area contributed by atoms with Crippen molar-refractivity contribution < 1.29 is 23.8 Å². The number of carbonyl (C=O) groups is 2. The largest absolute Gasteiger partial charge is 0.493 e. The van der Waals surface area contributed by atoms with Gasteiger partial charge in [-0.15, -0.1) is 6.42 Å². The normalized spacial score (nSPS) is 15.5. The Hall–Kier alpha value is -3.22. The van der Waals surface area contributed by atoms with Crippen molar-refractivity contribution in [2.75, 3.05) is 26.9 Å². The van der Waals surface area contributed by atoms with Crippen LogP contribution in [-0.4, -0.2) is 48.8 Å². The zero-order valence-corrected chi connectivity index (χ0v) is 21.4. The fourth-order valence-electron chi connectivity index (χ4n) is 3.13. The molecule has 7 nitrogen and oxygen atoms in total. The lowest BCUT2D eigenvalue weighted by Crippen LogP contribution is -2.28. The number of hydrogen-bond acceptors (Lipinski definition) is 7. The predicted molar refractivity (Wildman–Crippen MR) is 137 cm³/mol. The standard InChI is InChI=1S/C25H23BrN2O5S/c1-5-11-33-22-19(26)12-16(13-20(22)31-4)14-21-23(29)28(6-2)25(34-21)27-18-10-8-9-17(15-18)24(30)32-7-3/h1,8-10,12-15H,6-7,11H2,2-4H3. The minimum atomic E-state index is -0.415. The quantitative estimate of drug-likeness (QED) is 0.257. The number of terminal acetylenes is 1. The van der Waals surface area contributed by atoms with Crippen LogP contribution in [0.15, 0.2) is 50.8 Å². The molecule has 2 aromatic rings. The summed E-state index contributed by atoms with van der Waals surface area (Å²) in [5, 5.41) is 0.528. The van der Waals surface area contributed by atoms with E-state index < -0.39 is 5.97 Å². The Bertz CT molecular complexity index is 1200. The summed E-state index contributed by atoms with van der Waals surface area (Å²) in [7, 11) is 1.53. The van der Waals surface area contributed by atoms with Crippen LogP contribution in [0.4, 0.5) is 5.69 Å². The van der Waals surface area contributed by atoms with Gasteiger partial charge in [-0.05, 0) is 83.5 Å². The molecule has 176 valence electrons. The van der Waals surface area contributed by atoms with Crippen LogP contribution in [0.5, 0.6) is 11.5 Å². The molecule has 0 radical (unpaired) electrons. The first kappa shape index (κ1) is 25.4. The molecule has 2 aromatic carbocycles. The molecular weight excluding hydrogens is 520 g/mol. The molecule has 0 spiro atoms. The van der Waals surface area contributed by atoms with E-state index in [0.717, 1.165) is 5.56 Å². The van der Waals surface area contributed by atoms with E-state index in [0.29, 0.717) is 43.8 Å². The molecule has 0 bridgehead atoms. The zero-order valence-electron chi connectivity index (χ0n) is 19.0. The Morgan fingerprint density at radius 2 is 2.09 bits per heavy atom. The third-order valence-electron chi connectivity index (χ3n) is 4.64. The molecule has 0 unspecified atom stereocenters. The summed E-state index contributed by atoms with van der Waals surface area (Å²) in [6, 6.07) is 10.4. The average molecular weight is 543 g/mol. The Kier molecular flexibility index (Phi) is 8.79. The highest BCUT2D eigenvalue weighted by Gasteiger charge is 2.32. The van der Waals surface area contributed by atoms with E-state index in [9.17, 15) is 9.59 Å². The molecule has 0 aliphatic carbocycles. The lowest BCUT2D eigenvalue weighted by Gasteiger charge is -2.12. The maximum atomic E-state index is 13.0. The smallest absolute Gasteiger partial charge is 0.338 e. The Morgan fingerprint density at radius 1 is 1.29 bits per heavy atom. The van der Waals surface area contributed by atoms with Gasteiger partial charge in [-0.25, -0.2) is 9.79 Å². The SMILES string of the molecule is C#CCOc1c(Br)cc(C=C2SC(=Nc3cccc(C(=O)OCC)c3)N(CC)C2=O)cc1OC. The van der Waals surface area contributed by atoms with Gasteiger partial charge in [0.1, 0.15) is 6.61 Å². The number of ether oxygens (including phenoxy) is 3. The van der Waals surface area contributed by atoms with Crippen LogP contribution in [-0.2, 0) is 9.53 Å². The van der Waals surface area contributed by atoms with E-state index in [1.807, 2.05) is 13.0 Å². The fourth-order valence-corrected chi connectivity index (χ4v) is 4.76. The first-order valence-corrected chi connectivity index (χ1v) is 12.0. The molecule has 1 heterocycles. The third-order valence-corrected chi connectivity index (χ3v) is 6.23. The van der Waals surface area contributed by atoms with Gasteiger partial charge in [0.15, 0.2) is 16.7 Å². The zero-order chi connectivity index (χ0) is 24.7. The number of amidine groups is 1. The lowest BCUT2D eigenvalue weighted by atomic mass is 10.2. The second kappa shape index (κ2) is 11.8. The summed E-state index contributed by atoms with van der Waals surface area (Å²) < 4.78 is 16.7. The maximum Gasteiger partial charge on any atom is 0.338 e. The number of thioether (sulfide) groups is 1. The Morgan fingerprint density at radius 3 is 2.76 bits per heavy atom. The van der Waals surface area contributed by atoms with Crippen molar-refractivity contribution in [2.45, 2.75) is 13.8 Å². The first-order valence-electron chi connectivity index (χ1n) is 10.4. The second-order valence-corrected chi connectivity index (χ2v) is 8.72. The average Bonchev–Trinajstić information content (AvgIpc) is 3.11. The highest BCUT2D eigenvalue weighted by atomic mass is 79.9. The number of hydrogen-bond donors (Lipinski definition) is 0. The second-order valence-electron chi connectivity index (χ2n) is 6.85. The summed E-state index contributed by atoms with van der Waals surface area (Å²) in [4.78, 5) is 31.8. The van der Waals surface area contributed by atoms with Crippen molar-refractivity contribution in [3.05, 3.63) is 56.9 Å². The molecule has 34 heavy (non-hydrogen) atoms. The monoisotopic (exact) mass is 542 g/mol. The maximum absolute atomic E-state index is 13.0. The molecule has 1 fully saturated rings. The number of aliphatic imine (C=N–C) groups is 1. The number of nitrogens with zero attached hydrogens (tertiary/aromatic N) is 2. The molecule has 0 N–H and O–H groups in total. The van der Waals surface area contributed by atoms with Gasteiger partial charge >= 0.3 is 5.97 Å². The number of benzene rings is 2. The summed E-state index contributed by atoms with van der Waals surface area (Å²) in [6.45, 7) is 4.47. The van der Waals surface area contributed by atoms with Gasteiger partial charge in [-0.3, -0.25) is 9.69 Å². The molecule has 1 aliphatic heterocycles. The van der Waals surface area contributed by atoms with Gasteiger partial charge < -0.3 is 14.2 Å². The van der Waals surface area contributed by atoms with Crippen molar-refractivity contribution in [3.63, 3.8) is 0 Å². The van der Waals surface area contributed by atoms with Crippen molar-refractivity contribution in [1.29, 1.82) is 0 Å². The number of halogens is 1. The summed E-state index contributed by atoms with van der Waals surface area (Å²) in [5.41, 5.74) is 1.70. The Labute approximate surface area is 211 Å². The van der Waals surface area contributed by atoms with Crippen molar-refractivity contribution in [3.8, 4) is 23.8 Å². The van der Waals surface area contributed by atoms with Crippen molar-refractivity contribution in [1.82, 2.24) is 4.90 Å². The number of likely N-dealkylation sites (N-methyl/N-ethyl adjacent to an activating group) is 1. The summed E-state index contributed by atoms with van der Waals surface area (Å²) in [6.07, 6.45) is 7.05. The molecule has 0 saturated carbocycles. The van der Waals surface area contributed by atoms with Gasteiger partial charge in [-0.2, -0.15) is 0 Å². The molecule has 0 atom stereocenters. The number of rotatable bonds is 8. The summed E-state index contributed by atoms with van der Waals surface area (Å²) in [5.74, 6) is 2.83. The molecule has 9 heteroatoms. The predicted octanol–water partition coefficient (Wildman–Crippen LogP) is 5.27. The van der Waals surface area contributed by atoms with E-state index in [2.05, 4.69) is 26.8 Å². The van der Waals surface area contributed by atoms with Gasteiger partial charge in [0.25, 0.3) is 5.91 Å². The highest BCUT2D eigenvalue weighted by Crippen LogP contribution is 2.39. The van der Waals surface area contributed by atoms with Crippen LogP contribution >= 0.6 is 27.7 Å². The van der Waals surface area contributed by atoms with Gasteiger partial charge in [0.05, 0.1) is 34.3 Å². The van der Waals surface area contributed by atoms with Crippen LogP contribution in [0.2, 0.25) is 0 Å². The third kappa shape index (κ3) is 5.82. The number of esters is 1. The number of carbonyl (C=O) groups excluding carboxylic acids is 2. The lowest BCUT2D eigenvalue weighted by molar-refractivity contribution is -0.122. The molecule has 3 rings (SSSR count).